The lowest BCUT2D eigenvalue weighted by Crippen LogP contribution is -2.32. The van der Waals surface area contributed by atoms with E-state index in [0.717, 1.165) is 22.4 Å². The topological polar surface area (TPSA) is 48.0 Å². The van der Waals surface area contributed by atoms with Crippen LogP contribution in [-0.4, -0.2) is 38.2 Å². The van der Waals surface area contributed by atoms with Gasteiger partial charge in [-0.3, -0.25) is 4.79 Å². The molecule has 27 heavy (non-hydrogen) atoms. The summed E-state index contributed by atoms with van der Waals surface area (Å²) in [4.78, 5) is 14.3. The van der Waals surface area contributed by atoms with E-state index in [9.17, 15) is 4.79 Å². The third-order valence-corrected chi connectivity index (χ3v) is 4.64. The number of rotatable bonds is 6. The van der Waals surface area contributed by atoms with Gasteiger partial charge in [0.1, 0.15) is 12.4 Å². The average molecular weight is 367 g/mol. The van der Waals surface area contributed by atoms with Crippen LogP contribution >= 0.6 is 0 Å². The molecule has 1 aliphatic heterocycles. The molecule has 3 rings (SSSR count). The summed E-state index contributed by atoms with van der Waals surface area (Å²) in [5.74, 6) is 2.28. The Kier molecular flexibility index (Phi) is 6.01. The Bertz CT molecular complexity index is 831. The minimum atomic E-state index is 0.108. The molecule has 0 aromatic heterocycles. The average Bonchev–Trinajstić information content (AvgIpc) is 2.93. The van der Waals surface area contributed by atoms with E-state index < -0.39 is 0 Å². The van der Waals surface area contributed by atoms with Crippen LogP contribution in [0.15, 0.2) is 49.1 Å². The number of nitrogens with zero attached hydrogens (tertiary/aromatic N) is 1. The van der Waals surface area contributed by atoms with Crippen molar-refractivity contribution in [2.75, 3.05) is 27.4 Å². The zero-order valence-corrected chi connectivity index (χ0v) is 15.9. The third-order valence-electron chi connectivity index (χ3n) is 4.64. The first-order valence-corrected chi connectivity index (χ1v) is 9.03. The van der Waals surface area contributed by atoms with Crippen LogP contribution in [0.5, 0.6) is 17.2 Å². The maximum absolute atomic E-state index is 12.5. The Hall–Kier alpha value is -2.95. The molecule has 0 aliphatic carbocycles. The number of allylic oxidation sites excluding steroid dienone is 1. The van der Waals surface area contributed by atoms with Gasteiger partial charge in [-0.2, -0.15) is 0 Å². The number of carbonyl (C=O) groups is 1. The molecule has 0 fully saturated rings. The van der Waals surface area contributed by atoms with E-state index in [1.807, 2.05) is 35.2 Å². The van der Waals surface area contributed by atoms with Crippen LogP contribution in [0.4, 0.5) is 0 Å². The molecule has 5 heteroatoms. The van der Waals surface area contributed by atoms with Gasteiger partial charge in [-0.1, -0.05) is 18.2 Å². The van der Waals surface area contributed by atoms with E-state index >= 15 is 0 Å². The van der Waals surface area contributed by atoms with Crippen molar-refractivity contribution in [1.29, 1.82) is 0 Å². The lowest BCUT2D eigenvalue weighted by Gasteiger charge is -2.20. The number of hydrogen-bond donors (Lipinski definition) is 0. The first-order valence-electron chi connectivity index (χ1n) is 9.03. The predicted molar refractivity (Wildman–Crippen MR) is 105 cm³/mol. The predicted octanol–water partition coefficient (Wildman–Crippen LogP) is 4.06. The van der Waals surface area contributed by atoms with Gasteiger partial charge in [-0.05, 0) is 41.8 Å². The molecule has 0 saturated heterocycles. The van der Waals surface area contributed by atoms with Gasteiger partial charge >= 0.3 is 0 Å². The number of ether oxygens (including phenoxy) is 3. The SMILES string of the molecule is C=CCCC(=O)N1CCOc2c(cc(-c3cccc(OC)c3)cc2OC)C1. The van der Waals surface area contributed by atoms with E-state index in [1.165, 1.54) is 0 Å². The fourth-order valence-electron chi connectivity index (χ4n) is 3.20. The molecule has 0 unspecified atom stereocenters. The molecule has 0 saturated carbocycles. The highest BCUT2D eigenvalue weighted by atomic mass is 16.5. The Balaban J connectivity index is 1.97. The van der Waals surface area contributed by atoms with E-state index in [2.05, 4.69) is 12.6 Å². The number of benzene rings is 2. The van der Waals surface area contributed by atoms with Gasteiger partial charge < -0.3 is 19.1 Å². The first-order chi connectivity index (χ1) is 13.2. The minimum absolute atomic E-state index is 0.108. The van der Waals surface area contributed by atoms with E-state index in [4.69, 9.17) is 14.2 Å². The van der Waals surface area contributed by atoms with E-state index in [0.29, 0.717) is 44.0 Å². The highest BCUT2D eigenvalue weighted by Gasteiger charge is 2.23. The molecule has 0 radical (unpaired) electrons. The summed E-state index contributed by atoms with van der Waals surface area (Å²) in [5.41, 5.74) is 2.95. The van der Waals surface area contributed by atoms with Crippen LogP contribution in [0.3, 0.4) is 0 Å². The molecule has 0 N–H and O–H groups in total. The second kappa shape index (κ2) is 8.62. The Morgan fingerprint density at radius 1 is 1.22 bits per heavy atom. The van der Waals surface area contributed by atoms with Crippen molar-refractivity contribution in [2.45, 2.75) is 19.4 Å². The van der Waals surface area contributed by atoms with Gasteiger partial charge in [-0.25, -0.2) is 0 Å². The molecule has 1 heterocycles. The normalized spacial score (nSPS) is 13.2. The van der Waals surface area contributed by atoms with Gasteiger partial charge in [0, 0.05) is 18.5 Å². The molecular formula is C22H25NO4. The van der Waals surface area contributed by atoms with Crippen molar-refractivity contribution < 1.29 is 19.0 Å². The zero-order chi connectivity index (χ0) is 19.2. The summed E-state index contributed by atoms with van der Waals surface area (Å²) in [6.45, 7) is 5.20. The summed E-state index contributed by atoms with van der Waals surface area (Å²) in [5, 5.41) is 0. The number of amides is 1. The summed E-state index contributed by atoms with van der Waals surface area (Å²) in [6.07, 6.45) is 2.91. The fraction of sp³-hybridized carbons (Fsp3) is 0.318. The van der Waals surface area contributed by atoms with Gasteiger partial charge in [0.05, 0.1) is 20.8 Å². The van der Waals surface area contributed by atoms with Crippen molar-refractivity contribution in [3.63, 3.8) is 0 Å². The molecule has 2 aromatic carbocycles. The quantitative estimate of drug-likeness (QED) is 0.723. The van der Waals surface area contributed by atoms with Crippen molar-refractivity contribution in [1.82, 2.24) is 4.90 Å². The summed E-state index contributed by atoms with van der Waals surface area (Å²) >= 11 is 0. The first kappa shape index (κ1) is 18.8. The van der Waals surface area contributed by atoms with Gasteiger partial charge in [-0.15, -0.1) is 6.58 Å². The van der Waals surface area contributed by atoms with Crippen LogP contribution in [0.2, 0.25) is 0 Å². The van der Waals surface area contributed by atoms with Gasteiger partial charge in [0.15, 0.2) is 11.5 Å². The molecule has 2 aromatic rings. The largest absolute Gasteiger partial charge is 0.497 e. The van der Waals surface area contributed by atoms with E-state index in [1.54, 1.807) is 20.3 Å². The van der Waals surface area contributed by atoms with Crippen LogP contribution in [0.25, 0.3) is 11.1 Å². The van der Waals surface area contributed by atoms with Gasteiger partial charge in [0.2, 0.25) is 5.91 Å². The van der Waals surface area contributed by atoms with Crippen molar-refractivity contribution >= 4 is 5.91 Å². The monoisotopic (exact) mass is 367 g/mol. The lowest BCUT2D eigenvalue weighted by molar-refractivity contribution is -0.131. The second-order valence-corrected chi connectivity index (χ2v) is 6.39. The summed E-state index contributed by atoms with van der Waals surface area (Å²) < 4.78 is 16.8. The van der Waals surface area contributed by atoms with Crippen molar-refractivity contribution in [3.8, 4) is 28.4 Å². The third kappa shape index (κ3) is 4.25. The molecule has 1 amide bonds. The maximum atomic E-state index is 12.5. The molecule has 1 aliphatic rings. The van der Waals surface area contributed by atoms with Gasteiger partial charge in [0.25, 0.3) is 0 Å². The Morgan fingerprint density at radius 2 is 2.07 bits per heavy atom. The number of carbonyl (C=O) groups excluding carboxylic acids is 1. The fourth-order valence-corrected chi connectivity index (χ4v) is 3.20. The molecule has 0 spiro atoms. The van der Waals surface area contributed by atoms with Crippen LogP contribution < -0.4 is 14.2 Å². The number of fused-ring (bicyclic) bond motifs is 1. The standard InChI is InChI=1S/C22H25NO4/c1-4-5-9-21(24)23-10-11-27-22-18(15-23)12-17(14-20(22)26-3)16-7-6-8-19(13-16)25-2/h4,6-8,12-14H,1,5,9-11,15H2,2-3H3. The van der Waals surface area contributed by atoms with Crippen LogP contribution in [0.1, 0.15) is 18.4 Å². The van der Waals surface area contributed by atoms with Crippen LogP contribution in [-0.2, 0) is 11.3 Å². The van der Waals surface area contributed by atoms with E-state index in [-0.39, 0.29) is 5.91 Å². The summed E-state index contributed by atoms with van der Waals surface area (Å²) in [7, 11) is 3.28. The highest BCUT2D eigenvalue weighted by molar-refractivity contribution is 5.77. The number of methoxy groups -OCH3 is 2. The minimum Gasteiger partial charge on any atom is -0.497 e. The van der Waals surface area contributed by atoms with Crippen molar-refractivity contribution in [3.05, 3.63) is 54.6 Å². The second-order valence-electron chi connectivity index (χ2n) is 6.39. The molecule has 0 bridgehead atoms. The number of hydrogen-bond acceptors (Lipinski definition) is 4. The van der Waals surface area contributed by atoms with Crippen molar-refractivity contribution in [2.24, 2.45) is 0 Å². The molecule has 5 nitrogen and oxygen atoms in total. The Morgan fingerprint density at radius 3 is 2.81 bits per heavy atom. The smallest absolute Gasteiger partial charge is 0.223 e. The molecule has 142 valence electrons. The van der Waals surface area contributed by atoms with Crippen LogP contribution in [0, 0.1) is 0 Å². The Labute approximate surface area is 160 Å². The summed E-state index contributed by atoms with van der Waals surface area (Å²) in [6, 6.07) is 11.9. The maximum Gasteiger partial charge on any atom is 0.223 e. The molecular weight excluding hydrogens is 342 g/mol. The molecule has 0 atom stereocenters. The highest BCUT2D eigenvalue weighted by Crippen LogP contribution is 2.39. The lowest BCUT2D eigenvalue weighted by atomic mass is 10.0. The zero-order valence-electron chi connectivity index (χ0n) is 15.9.